The minimum Gasteiger partial charge on any atom is -0.401 e. The average Bonchev–Trinajstić information content (AvgIpc) is 3.31. The summed E-state index contributed by atoms with van der Waals surface area (Å²) in [6, 6.07) is 2.61. The van der Waals surface area contributed by atoms with Gasteiger partial charge < -0.3 is 4.42 Å². The van der Waals surface area contributed by atoms with Crippen molar-refractivity contribution in [3.63, 3.8) is 0 Å². The van der Waals surface area contributed by atoms with Crippen LogP contribution in [0.2, 0.25) is 0 Å². The Morgan fingerprint density at radius 3 is 2.50 bits per heavy atom. The number of amides is 1. The summed E-state index contributed by atoms with van der Waals surface area (Å²) in [7, 11) is 0. The van der Waals surface area contributed by atoms with Crippen molar-refractivity contribution in [3.05, 3.63) is 33.6 Å². The van der Waals surface area contributed by atoms with Gasteiger partial charge in [-0.05, 0) is 80.2 Å². The maximum Gasteiger partial charge on any atom is 0.433 e. The largest absolute Gasteiger partial charge is 0.433 e. The lowest BCUT2D eigenvalue weighted by Gasteiger charge is -2.56. The molecule has 7 rings (SSSR count). The predicted molar refractivity (Wildman–Crippen MR) is 111 cm³/mol. The Balaban J connectivity index is 1.32. The molecular weight excluding hydrogens is 406 g/mol. The highest BCUT2D eigenvalue weighted by Crippen LogP contribution is 2.62. The van der Waals surface area contributed by atoms with E-state index >= 15 is 0 Å². The molecule has 4 bridgehead atoms. The first-order valence-electron chi connectivity index (χ1n) is 10.2. The van der Waals surface area contributed by atoms with E-state index in [0.717, 1.165) is 42.1 Å². The van der Waals surface area contributed by atoms with Gasteiger partial charge in [0.1, 0.15) is 15.7 Å². The number of fused-ring (bicyclic) bond motifs is 1. The maximum absolute atomic E-state index is 12.6. The van der Waals surface area contributed by atoms with Gasteiger partial charge in [-0.2, -0.15) is 15.1 Å². The Hall–Kier alpha value is -2.75. The second-order valence-corrected chi connectivity index (χ2v) is 10.0. The molecular formula is C20H19N5O4S. The Kier molecular flexibility index (Phi) is 3.69. The van der Waals surface area contributed by atoms with Crippen LogP contribution in [0.3, 0.4) is 0 Å². The quantitative estimate of drug-likeness (QED) is 0.443. The molecule has 1 amide bonds. The van der Waals surface area contributed by atoms with Gasteiger partial charge >= 0.3 is 5.88 Å². The minimum absolute atomic E-state index is 0.0131. The molecule has 1 aromatic rings. The fraction of sp³-hybridized carbons (Fsp3) is 0.500. The Bertz CT molecular complexity index is 1070. The molecule has 10 heteroatoms. The average molecular weight is 425 g/mol. The molecule has 0 spiro atoms. The van der Waals surface area contributed by atoms with Crippen LogP contribution >= 0.6 is 11.8 Å². The zero-order valence-electron chi connectivity index (χ0n) is 16.0. The van der Waals surface area contributed by atoms with Gasteiger partial charge in [0.05, 0.1) is 11.6 Å². The molecule has 0 saturated heterocycles. The van der Waals surface area contributed by atoms with E-state index < -0.39 is 16.7 Å². The van der Waals surface area contributed by atoms with E-state index in [1.807, 2.05) is 0 Å². The molecule has 6 aliphatic rings. The zero-order chi connectivity index (χ0) is 20.6. The van der Waals surface area contributed by atoms with E-state index in [9.17, 15) is 14.9 Å². The number of furan rings is 1. The summed E-state index contributed by atoms with van der Waals surface area (Å²) in [4.78, 5) is 26.9. The molecule has 0 aromatic carbocycles. The van der Waals surface area contributed by atoms with E-state index in [1.165, 1.54) is 54.2 Å². The van der Waals surface area contributed by atoms with Crippen LogP contribution in [0, 0.1) is 38.7 Å². The first-order valence-corrected chi connectivity index (χ1v) is 11.0. The molecule has 4 aliphatic carbocycles. The van der Waals surface area contributed by atoms with Crippen molar-refractivity contribution < 1.29 is 14.1 Å². The van der Waals surface area contributed by atoms with Crippen LogP contribution < -0.4 is 0 Å². The van der Waals surface area contributed by atoms with Gasteiger partial charge in [-0.3, -0.25) is 20.3 Å². The number of nitrogens with zero attached hydrogens (tertiary/aromatic N) is 4. The summed E-state index contributed by atoms with van der Waals surface area (Å²) >= 11 is 1.43. The van der Waals surface area contributed by atoms with E-state index in [2.05, 4.69) is 4.99 Å². The Morgan fingerprint density at radius 1 is 1.23 bits per heavy atom. The van der Waals surface area contributed by atoms with Gasteiger partial charge in [0.2, 0.25) is 5.17 Å². The van der Waals surface area contributed by atoms with Crippen molar-refractivity contribution in [3.8, 4) is 0 Å². The van der Waals surface area contributed by atoms with Crippen LogP contribution in [0.5, 0.6) is 0 Å². The molecule has 2 aliphatic heterocycles. The second kappa shape index (κ2) is 6.13. The van der Waals surface area contributed by atoms with Crippen molar-refractivity contribution in [1.82, 2.24) is 5.01 Å². The van der Waals surface area contributed by atoms with E-state index in [0.29, 0.717) is 5.17 Å². The van der Waals surface area contributed by atoms with Crippen LogP contribution in [-0.2, 0) is 4.79 Å². The molecule has 1 aromatic heterocycles. The lowest BCUT2D eigenvalue weighted by atomic mass is 9.50. The third kappa shape index (κ3) is 2.62. The summed E-state index contributed by atoms with van der Waals surface area (Å²) in [5, 5.41) is 27.0. The maximum atomic E-state index is 12.6. The molecule has 154 valence electrons. The molecule has 1 N–H and O–H groups in total. The lowest BCUT2D eigenvalue weighted by molar-refractivity contribution is -0.402. The standard InChI is InChI=1S/C20H19N5O4S/c21-16-14(6-13-1-2-15(29-13)25(27)28)17(26)22-19-24(16)23-18(30-19)20-7-10-3-11(8-20)5-12(4-10)9-20/h1-2,6,10-12,21H,3-5,7-9H2/b14-6-,21-16?. The van der Waals surface area contributed by atoms with Gasteiger partial charge in [-0.15, -0.1) is 0 Å². The summed E-state index contributed by atoms with van der Waals surface area (Å²) in [5.41, 5.74) is 0.0767. The number of amidine groups is 2. The number of nitro groups is 1. The highest BCUT2D eigenvalue weighted by Gasteiger charge is 2.55. The van der Waals surface area contributed by atoms with Gasteiger partial charge in [-0.25, -0.2) is 0 Å². The fourth-order valence-corrected chi connectivity index (χ4v) is 7.35. The highest BCUT2D eigenvalue weighted by atomic mass is 32.2. The van der Waals surface area contributed by atoms with Gasteiger partial charge in [0.15, 0.2) is 5.84 Å². The zero-order valence-corrected chi connectivity index (χ0v) is 16.9. The van der Waals surface area contributed by atoms with E-state index in [4.69, 9.17) is 14.9 Å². The fourth-order valence-electron chi connectivity index (χ4n) is 6.24. The molecule has 4 saturated carbocycles. The summed E-state index contributed by atoms with van der Waals surface area (Å²) < 4.78 is 5.11. The molecule has 0 radical (unpaired) electrons. The Morgan fingerprint density at radius 2 is 1.90 bits per heavy atom. The first-order chi connectivity index (χ1) is 14.4. The van der Waals surface area contributed by atoms with Crippen molar-refractivity contribution in [2.24, 2.45) is 33.3 Å². The topological polar surface area (TPSA) is 125 Å². The lowest BCUT2D eigenvalue weighted by Crippen LogP contribution is -2.49. The van der Waals surface area contributed by atoms with Crippen LogP contribution in [0.1, 0.15) is 44.3 Å². The van der Waals surface area contributed by atoms with Crippen LogP contribution in [0.15, 0.2) is 32.2 Å². The number of hydrazone groups is 1. The van der Waals surface area contributed by atoms with Gasteiger partial charge in [0, 0.05) is 5.41 Å². The van der Waals surface area contributed by atoms with Crippen LogP contribution in [0.25, 0.3) is 6.08 Å². The van der Waals surface area contributed by atoms with Crippen molar-refractivity contribution in [1.29, 1.82) is 5.41 Å². The number of hydrogen-bond acceptors (Lipinski definition) is 7. The normalized spacial score (nSPS) is 35.7. The van der Waals surface area contributed by atoms with Gasteiger partial charge in [0.25, 0.3) is 5.91 Å². The third-order valence-corrected chi connectivity index (χ3v) is 8.18. The summed E-state index contributed by atoms with van der Waals surface area (Å²) in [6.07, 6.45) is 8.75. The Labute approximate surface area is 175 Å². The summed E-state index contributed by atoms with van der Waals surface area (Å²) in [5.74, 6) is 1.39. The first kappa shape index (κ1) is 18.1. The smallest absolute Gasteiger partial charge is 0.401 e. The third-order valence-electron chi connectivity index (χ3n) is 7.03. The highest BCUT2D eigenvalue weighted by molar-refractivity contribution is 8.27. The molecule has 9 nitrogen and oxygen atoms in total. The number of rotatable bonds is 3. The summed E-state index contributed by atoms with van der Waals surface area (Å²) in [6.45, 7) is 0. The SMILES string of the molecule is N=C1/C(=C/c2ccc([N+](=O)[O-])o2)C(=O)N=C2SC(C34CC5CC(CC(C5)C3)C4)=NN12. The van der Waals surface area contributed by atoms with Crippen LogP contribution in [-0.4, -0.2) is 31.9 Å². The number of nitrogens with one attached hydrogen (secondary N) is 1. The number of carbonyl (C=O) groups is 1. The predicted octanol–water partition coefficient (Wildman–Crippen LogP) is 4.02. The minimum atomic E-state index is -0.647. The second-order valence-electron chi connectivity index (χ2n) is 9.06. The van der Waals surface area contributed by atoms with Crippen molar-refractivity contribution >= 4 is 45.7 Å². The monoisotopic (exact) mass is 425 g/mol. The van der Waals surface area contributed by atoms with E-state index in [-0.39, 0.29) is 22.6 Å². The number of carbonyl (C=O) groups excluding carboxylic acids is 1. The van der Waals surface area contributed by atoms with Crippen molar-refractivity contribution in [2.45, 2.75) is 38.5 Å². The number of thioether (sulfide) groups is 1. The molecule has 4 fully saturated rings. The van der Waals surface area contributed by atoms with E-state index in [1.54, 1.807) is 0 Å². The molecule has 3 heterocycles. The molecule has 0 unspecified atom stereocenters. The van der Waals surface area contributed by atoms with Gasteiger partial charge in [-0.1, -0.05) is 0 Å². The molecule has 0 atom stereocenters. The number of hydrogen-bond donors (Lipinski definition) is 1. The van der Waals surface area contributed by atoms with Crippen LogP contribution in [0.4, 0.5) is 5.88 Å². The van der Waals surface area contributed by atoms with Crippen molar-refractivity contribution in [2.75, 3.05) is 0 Å². The molecule has 30 heavy (non-hydrogen) atoms. The number of aliphatic imine (C=N–C) groups is 1.